The molecule has 0 radical (unpaired) electrons. The summed E-state index contributed by atoms with van der Waals surface area (Å²) < 4.78 is 10.6. The average Bonchev–Trinajstić information content (AvgIpc) is 2.92. The number of guanidine groups is 1. The summed E-state index contributed by atoms with van der Waals surface area (Å²) >= 11 is 0. The summed E-state index contributed by atoms with van der Waals surface area (Å²) in [5.74, 6) is 0.889. The maximum atomic E-state index is 11.8. The van der Waals surface area contributed by atoms with Gasteiger partial charge in [-0.15, -0.1) is 0 Å². The van der Waals surface area contributed by atoms with Crippen LogP contribution in [0.4, 0.5) is 4.79 Å². The Balaban J connectivity index is 2.28. The van der Waals surface area contributed by atoms with E-state index >= 15 is 0 Å². The lowest BCUT2D eigenvalue weighted by Crippen LogP contribution is -2.44. The van der Waals surface area contributed by atoms with E-state index in [2.05, 4.69) is 20.5 Å². The van der Waals surface area contributed by atoms with Crippen LogP contribution in [-0.4, -0.2) is 68.5 Å². The Labute approximate surface area is 146 Å². The Hall–Kier alpha value is -1.50. The number of rotatable bonds is 7. The van der Waals surface area contributed by atoms with Gasteiger partial charge in [0.2, 0.25) is 0 Å². The van der Waals surface area contributed by atoms with Crippen molar-refractivity contribution in [3.63, 3.8) is 0 Å². The predicted octanol–water partition coefficient (Wildman–Crippen LogP) is 1.98. The lowest BCUT2D eigenvalue weighted by atomic mass is 10.2. The van der Waals surface area contributed by atoms with Crippen LogP contribution in [0, 0.1) is 0 Å². The number of hydrogen-bond donors (Lipinski definition) is 2. The van der Waals surface area contributed by atoms with Gasteiger partial charge in [0.1, 0.15) is 5.60 Å². The van der Waals surface area contributed by atoms with Gasteiger partial charge in [-0.05, 0) is 47.0 Å². The monoisotopic (exact) mass is 342 g/mol. The van der Waals surface area contributed by atoms with Gasteiger partial charge < -0.3 is 25.0 Å². The summed E-state index contributed by atoms with van der Waals surface area (Å²) in [5.41, 5.74) is -0.471. The fourth-order valence-corrected chi connectivity index (χ4v) is 2.55. The number of carbonyl (C=O) groups is 1. The van der Waals surface area contributed by atoms with E-state index in [-0.39, 0.29) is 12.1 Å². The second-order valence-corrected chi connectivity index (χ2v) is 6.96. The van der Waals surface area contributed by atoms with Crippen molar-refractivity contribution in [1.82, 2.24) is 15.5 Å². The number of nitrogens with zero attached hydrogens (tertiary/aromatic N) is 2. The maximum absolute atomic E-state index is 11.8. The largest absolute Gasteiger partial charge is 0.444 e. The first kappa shape index (κ1) is 20.5. The van der Waals surface area contributed by atoms with Crippen LogP contribution in [0.3, 0.4) is 0 Å². The molecule has 0 aromatic rings. The van der Waals surface area contributed by atoms with E-state index in [1.165, 1.54) is 0 Å². The summed E-state index contributed by atoms with van der Waals surface area (Å²) in [6.45, 7) is 11.7. The van der Waals surface area contributed by atoms with Crippen molar-refractivity contribution in [2.24, 2.45) is 4.99 Å². The van der Waals surface area contributed by atoms with Crippen LogP contribution in [0.1, 0.15) is 47.0 Å². The van der Waals surface area contributed by atoms with E-state index in [4.69, 9.17) is 9.47 Å². The molecule has 1 heterocycles. The van der Waals surface area contributed by atoms with Crippen LogP contribution < -0.4 is 10.6 Å². The van der Waals surface area contributed by atoms with Gasteiger partial charge in [0.05, 0.1) is 6.04 Å². The molecule has 1 atom stereocenters. The summed E-state index contributed by atoms with van der Waals surface area (Å²) in [7, 11) is 1.79. The van der Waals surface area contributed by atoms with Gasteiger partial charge in [-0.1, -0.05) is 0 Å². The second-order valence-electron chi connectivity index (χ2n) is 6.96. The van der Waals surface area contributed by atoms with Gasteiger partial charge in [0.15, 0.2) is 5.96 Å². The lowest BCUT2D eigenvalue weighted by Gasteiger charge is -2.23. The Morgan fingerprint density at radius 1 is 1.33 bits per heavy atom. The zero-order chi connectivity index (χ0) is 18.0. The molecule has 1 aliphatic rings. The zero-order valence-electron chi connectivity index (χ0n) is 15.9. The highest BCUT2D eigenvalue weighted by Crippen LogP contribution is 2.12. The summed E-state index contributed by atoms with van der Waals surface area (Å²) in [6.07, 6.45) is 2.63. The van der Waals surface area contributed by atoms with Gasteiger partial charge in [-0.3, -0.25) is 4.99 Å². The molecule has 140 valence electrons. The van der Waals surface area contributed by atoms with Crippen molar-refractivity contribution >= 4 is 12.1 Å². The van der Waals surface area contributed by atoms with E-state index < -0.39 is 5.60 Å². The van der Waals surface area contributed by atoms with Crippen LogP contribution >= 0.6 is 0 Å². The number of nitrogens with one attached hydrogen (secondary N) is 2. The molecule has 7 heteroatoms. The van der Waals surface area contributed by atoms with Gasteiger partial charge in [-0.25, -0.2) is 4.79 Å². The molecular weight excluding hydrogens is 308 g/mol. The molecule has 0 aromatic heterocycles. The van der Waals surface area contributed by atoms with Crippen molar-refractivity contribution < 1.29 is 14.3 Å². The maximum Gasteiger partial charge on any atom is 0.407 e. The van der Waals surface area contributed by atoms with Crippen LogP contribution in [0.2, 0.25) is 0 Å². The van der Waals surface area contributed by atoms with E-state index in [0.717, 1.165) is 58.1 Å². The topological polar surface area (TPSA) is 75.2 Å². The highest BCUT2D eigenvalue weighted by Gasteiger charge is 2.27. The normalized spacial score (nSPS) is 18.6. The molecule has 1 saturated heterocycles. The molecule has 1 amide bonds. The Morgan fingerprint density at radius 2 is 2.08 bits per heavy atom. The molecule has 2 N–H and O–H groups in total. The Bertz CT molecular complexity index is 407. The van der Waals surface area contributed by atoms with Gasteiger partial charge in [0.25, 0.3) is 0 Å². The fourth-order valence-electron chi connectivity index (χ4n) is 2.55. The number of hydrogen-bond acceptors (Lipinski definition) is 4. The first-order valence-corrected chi connectivity index (χ1v) is 8.88. The third-order valence-electron chi connectivity index (χ3n) is 3.62. The lowest BCUT2D eigenvalue weighted by molar-refractivity contribution is 0.0507. The SMILES string of the molecule is CCOCCCCNC(=NC)N1CCC(NC(=O)OC(C)(C)C)C1. The molecule has 1 unspecified atom stereocenters. The molecule has 0 aliphatic carbocycles. The highest BCUT2D eigenvalue weighted by atomic mass is 16.6. The zero-order valence-corrected chi connectivity index (χ0v) is 15.9. The fraction of sp³-hybridized carbons (Fsp3) is 0.882. The quantitative estimate of drug-likeness (QED) is 0.420. The van der Waals surface area contributed by atoms with E-state index in [0.29, 0.717) is 0 Å². The summed E-state index contributed by atoms with van der Waals surface area (Å²) in [5, 5.41) is 6.31. The van der Waals surface area contributed by atoms with Gasteiger partial charge >= 0.3 is 6.09 Å². The average molecular weight is 342 g/mol. The van der Waals surface area contributed by atoms with Crippen molar-refractivity contribution in [2.45, 2.75) is 58.6 Å². The van der Waals surface area contributed by atoms with E-state index in [1.54, 1.807) is 7.05 Å². The predicted molar refractivity (Wildman–Crippen MR) is 96.4 cm³/mol. The number of aliphatic imine (C=N–C) groups is 1. The van der Waals surface area contributed by atoms with Crippen molar-refractivity contribution in [3.8, 4) is 0 Å². The number of alkyl carbamates (subject to hydrolysis) is 1. The molecule has 0 aromatic carbocycles. The first-order chi connectivity index (χ1) is 11.4. The summed E-state index contributed by atoms with van der Waals surface area (Å²) in [4.78, 5) is 18.4. The number of likely N-dealkylation sites (tertiary alicyclic amines) is 1. The van der Waals surface area contributed by atoms with E-state index in [1.807, 2.05) is 27.7 Å². The molecule has 1 rings (SSSR count). The molecule has 1 fully saturated rings. The second kappa shape index (κ2) is 10.4. The standard InChI is InChI=1S/C17H34N4O3/c1-6-23-12-8-7-10-19-15(18-5)21-11-9-14(13-21)20-16(22)24-17(2,3)4/h14H,6-13H2,1-5H3,(H,18,19)(H,20,22). The molecule has 24 heavy (non-hydrogen) atoms. The van der Waals surface area contributed by atoms with Crippen LogP contribution in [0.15, 0.2) is 4.99 Å². The Morgan fingerprint density at radius 3 is 2.71 bits per heavy atom. The third-order valence-corrected chi connectivity index (χ3v) is 3.62. The van der Waals surface area contributed by atoms with Crippen molar-refractivity contribution in [3.05, 3.63) is 0 Å². The third kappa shape index (κ3) is 8.38. The molecule has 0 saturated carbocycles. The van der Waals surface area contributed by atoms with Gasteiger partial charge in [-0.2, -0.15) is 0 Å². The highest BCUT2D eigenvalue weighted by molar-refractivity contribution is 5.80. The smallest absolute Gasteiger partial charge is 0.407 e. The Kier molecular flexibility index (Phi) is 8.89. The van der Waals surface area contributed by atoms with Crippen molar-refractivity contribution in [1.29, 1.82) is 0 Å². The van der Waals surface area contributed by atoms with Gasteiger partial charge in [0, 0.05) is 39.9 Å². The minimum Gasteiger partial charge on any atom is -0.444 e. The minimum absolute atomic E-state index is 0.0938. The minimum atomic E-state index is -0.471. The summed E-state index contributed by atoms with van der Waals surface area (Å²) in [6, 6.07) is 0.0938. The van der Waals surface area contributed by atoms with Crippen LogP contribution in [0.25, 0.3) is 0 Å². The number of ether oxygens (including phenoxy) is 2. The number of amides is 1. The van der Waals surface area contributed by atoms with Crippen molar-refractivity contribution in [2.75, 3.05) is 39.9 Å². The molecule has 1 aliphatic heterocycles. The number of carbonyl (C=O) groups excluding carboxylic acids is 1. The molecule has 0 bridgehead atoms. The first-order valence-electron chi connectivity index (χ1n) is 8.88. The molecule has 0 spiro atoms. The van der Waals surface area contributed by atoms with Crippen LogP contribution in [0.5, 0.6) is 0 Å². The molecular formula is C17H34N4O3. The molecule has 7 nitrogen and oxygen atoms in total. The number of unbranched alkanes of at least 4 members (excludes halogenated alkanes) is 1. The van der Waals surface area contributed by atoms with E-state index in [9.17, 15) is 4.79 Å². The van der Waals surface area contributed by atoms with Crippen LogP contribution in [-0.2, 0) is 9.47 Å².